The van der Waals surface area contributed by atoms with E-state index < -0.39 is 10.0 Å². The molecule has 0 radical (unpaired) electrons. The molecule has 2 N–H and O–H groups in total. The molecule has 0 aliphatic carbocycles. The molecular formula is C23H25N3O3S2. The molecule has 1 amide bonds. The van der Waals surface area contributed by atoms with Crippen molar-refractivity contribution in [3.63, 3.8) is 0 Å². The molecule has 6 nitrogen and oxygen atoms in total. The van der Waals surface area contributed by atoms with Gasteiger partial charge < -0.3 is 5.32 Å². The van der Waals surface area contributed by atoms with Crippen LogP contribution in [-0.4, -0.2) is 32.3 Å². The fourth-order valence-electron chi connectivity index (χ4n) is 3.90. The van der Waals surface area contributed by atoms with Crippen molar-refractivity contribution in [3.05, 3.63) is 82.0 Å². The number of nitrogens with one attached hydrogen (secondary N) is 2. The lowest BCUT2D eigenvalue weighted by Crippen LogP contribution is -2.40. The summed E-state index contributed by atoms with van der Waals surface area (Å²) in [6.45, 7) is 3.37. The summed E-state index contributed by atoms with van der Waals surface area (Å²) >= 11 is 1.62. The monoisotopic (exact) mass is 455 g/mol. The Kier molecular flexibility index (Phi) is 6.52. The summed E-state index contributed by atoms with van der Waals surface area (Å²) in [6.07, 6.45) is 0.953. The summed E-state index contributed by atoms with van der Waals surface area (Å²) in [6, 6.07) is 16.6. The molecule has 0 saturated carbocycles. The van der Waals surface area contributed by atoms with Crippen LogP contribution in [0.2, 0.25) is 0 Å². The second-order valence-corrected chi connectivity index (χ2v) is 10.2. The van der Waals surface area contributed by atoms with Crippen molar-refractivity contribution in [2.75, 3.05) is 18.4 Å². The quantitative estimate of drug-likeness (QED) is 0.568. The minimum absolute atomic E-state index is 0.0481. The van der Waals surface area contributed by atoms with Gasteiger partial charge in [-0.05, 0) is 64.2 Å². The van der Waals surface area contributed by atoms with E-state index in [1.54, 1.807) is 23.5 Å². The topological polar surface area (TPSA) is 78.5 Å². The predicted molar refractivity (Wildman–Crippen MR) is 124 cm³/mol. The van der Waals surface area contributed by atoms with Crippen LogP contribution in [0.3, 0.4) is 0 Å². The third-order valence-corrected chi connectivity index (χ3v) is 7.62. The van der Waals surface area contributed by atoms with Crippen LogP contribution in [-0.2, 0) is 27.8 Å². The molecule has 8 heteroatoms. The van der Waals surface area contributed by atoms with E-state index in [1.165, 1.54) is 30.2 Å². The van der Waals surface area contributed by atoms with Crippen molar-refractivity contribution >= 4 is 33.0 Å². The average Bonchev–Trinajstić information content (AvgIpc) is 3.28. The van der Waals surface area contributed by atoms with Crippen LogP contribution >= 0.6 is 11.3 Å². The van der Waals surface area contributed by atoms with E-state index in [-0.39, 0.29) is 23.4 Å². The van der Waals surface area contributed by atoms with Crippen LogP contribution in [0.1, 0.15) is 29.7 Å². The van der Waals surface area contributed by atoms with E-state index in [9.17, 15) is 13.2 Å². The number of carbonyl (C=O) groups excluding carboxylic acids is 1. The van der Waals surface area contributed by atoms with Gasteiger partial charge >= 0.3 is 0 Å². The third kappa shape index (κ3) is 5.22. The Labute approximate surface area is 187 Å². The molecule has 0 bridgehead atoms. The highest BCUT2D eigenvalue weighted by molar-refractivity contribution is 7.89. The van der Waals surface area contributed by atoms with Crippen LogP contribution in [0.4, 0.5) is 5.69 Å². The van der Waals surface area contributed by atoms with Crippen molar-refractivity contribution < 1.29 is 13.2 Å². The van der Waals surface area contributed by atoms with E-state index >= 15 is 0 Å². The summed E-state index contributed by atoms with van der Waals surface area (Å²) in [4.78, 5) is 13.7. The highest BCUT2D eigenvalue weighted by Crippen LogP contribution is 2.29. The number of rotatable bonds is 7. The van der Waals surface area contributed by atoms with E-state index in [4.69, 9.17) is 0 Å². The van der Waals surface area contributed by atoms with Crippen LogP contribution in [0.25, 0.3) is 0 Å². The maximum absolute atomic E-state index is 12.9. The van der Waals surface area contributed by atoms with Gasteiger partial charge in [0, 0.05) is 38.3 Å². The van der Waals surface area contributed by atoms with Crippen molar-refractivity contribution in [1.29, 1.82) is 0 Å². The minimum atomic E-state index is -3.68. The Bertz CT molecular complexity index is 1140. The number of benzene rings is 2. The summed E-state index contributed by atoms with van der Waals surface area (Å²) < 4.78 is 28.6. The van der Waals surface area contributed by atoms with Crippen molar-refractivity contribution in [2.24, 2.45) is 0 Å². The molecule has 2 aromatic carbocycles. The highest BCUT2D eigenvalue weighted by atomic mass is 32.2. The zero-order valence-corrected chi connectivity index (χ0v) is 18.9. The normalized spacial score (nSPS) is 15.3. The van der Waals surface area contributed by atoms with Crippen LogP contribution < -0.4 is 10.0 Å². The largest absolute Gasteiger partial charge is 0.326 e. The van der Waals surface area contributed by atoms with Gasteiger partial charge in [0.25, 0.3) is 0 Å². The van der Waals surface area contributed by atoms with Crippen LogP contribution in [0, 0.1) is 0 Å². The lowest BCUT2D eigenvalue weighted by Gasteiger charge is -2.35. The zero-order chi connectivity index (χ0) is 21.8. The molecule has 1 atom stereocenters. The van der Waals surface area contributed by atoms with Gasteiger partial charge in [-0.2, -0.15) is 11.3 Å². The first-order valence-electron chi connectivity index (χ1n) is 10.1. The Morgan fingerprint density at radius 1 is 1.10 bits per heavy atom. The number of carbonyl (C=O) groups is 1. The second-order valence-electron chi connectivity index (χ2n) is 7.62. The average molecular weight is 456 g/mol. The fraction of sp³-hybridized carbons (Fsp3) is 0.261. The molecular weight excluding hydrogens is 430 g/mol. The molecule has 0 spiro atoms. The summed E-state index contributed by atoms with van der Waals surface area (Å²) in [7, 11) is -3.68. The molecule has 1 aliphatic heterocycles. The number of sulfonamides is 1. The summed E-state index contributed by atoms with van der Waals surface area (Å²) in [5.41, 5.74) is 4.34. The summed E-state index contributed by atoms with van der Waals surface area (Å²) in [5, 5.41) is 6.75. The van der Waals surface area contributed by atoms with Crippen molar-refractivity contribution in [2.45, 2.75) is 30.8 Å². The Morgan fingerprint density at radius 2 is 1.84 bits per heavy atom. The first-order chi connectivity index (χ1) is 14.9. The number of fused-ring (bicyclic) bond motifs is 1. The molecule has 4 rings (SSSR count). The highest BCUT2D eigenvalue weighted by Gasteiger charge is 2.27. The zero-order valence-electron chi connectivity index (χ0n) is 17.2. The number of thiophene rings is 1. The van der Waals surface area contributed by atoms with Gasteiger partial charge in [0.2, 0.25) is 15.9 Å². The third-order valence-electron chi connectivity index (χ3n) is 5.48. The van der Waals surface area contributed by atoms with Crippen LogP contribution in [0.15, 0.2) is 70.3 Å². The van der Waals surface area contributed by atoms with Gasteiger partial charge in [0.05, 0.1) is 4.90 Å². The van der Waals surface area contributed by atoms with E-state index in [1.807, 2.05) is 5.38 Å². The second kappa shape index (κ2) is 9.32. The maximum atomic E-state index is 12.9. The van der Waals surface area contributed by atoms with Crippen molar-refractivity contribution in [1.82, 2.24) is 9.62 Å². The molecule has 162 valence electrons. The number of hydrogen-bond acceptors (Lipinski definition) is 5. The van der Waals surface area contributed by atoms with Gasteiger partial charge in [0.1, 0.15) is 0 Å². The van der Waals surface area contributed by atoms with E-state index in [0.29, 0.717) is 5.69 Å². The molecule has 0 fully saturated rings. The van der Waals surface area contributed by atoms with Gasteiger partial charge in [-0.15, -0.1) is 0 Å². The van der Waals surface area contributed by atoms with Gasteiger partial charge in [0.15, 0.2) is 0 Å². The lowest BCUT2D eigenvalue weighted by molar-refractivity contribution is -0.114. The van der Waals surface area contributed by atoms with Gasteiger partial charge in [-0.1, -0.05) is 24.3 Å². The standard InChI is InChI=1S/C23H25N3O3S2/c1-17(27)25-21-6-8-22(9-7-21)31(28,29)24-14-23(20-11-13-30-16-20)26-12-10-18-4-2-3-5-19(18)15-26/h2-9,11,13,16,23-24H,10,12,14-15H2,1H3,(H,25,27). The maximum Gasteiger partial charge on any atom is 0.240 e. The van der Waals surface area contributed by atoms with Gasteiger partial charge in [-0.3, -0.25) is 9.69 Å². The molecule has 1 unspecified atom stereocenters. The first-order valence-corrected chi connectivity index (χ1v) is 12.6. The first kappa shape index (κ1) is 21.7. The SMILES string of the molecule is CC(=O)Nc1ccc(S(=O)(=O)NCC(c2ccsc2)N2CCc3ccccc3C2)cc1. The van der Waals surface area contributed by atoms with Crippen molar-refractivity contribution in [3.8, 4) is 0 Å². The molecule has 1 aromatic heterocycles. The fourth-order valence-corrected chi connectivity index (χ4v) is 5.64. The number of hydrogen-bond donors (Lipinski definition) is 2. The molecule has 2 heterocycles. The number of amides is 1. The number of anilines is 1. The minimum Gasteiger partial charge on any atom is -0.326 e. The molecule has 1 aliphatic rings. The smallest absolute Gasteiger partial charge is 0.240 e. The Morgan fingerprint density at radius 3 is 2.52 bits per heavy atom. The van der Waals surface area contributed by atoms with E-state index in [0.717, 1.165) is 25.1 Å². The lowest BCUT2D eigenvalue weighted by atomic mass is 9.97. The Balaban J connectivity index is 1.50. The van der Waals surface area contributed by atoms with E-state index in [2.05, 4.69) is 50.7 Å². The molecule has 31 heavy (non-hydrogen) atoms. The number of nitrogens with zero attached hydrogens (tertiary/aromatic N) is 1. The summed E-state index contributed by atoms with van der Waals surface area (Å²) in [5.74, 6) is -0.199. The molecule has 0 saturated heterocycles. The van der Waals surface area contributed by atoms with Crippen LogP contribution in [0.5, 0.6) is 0 Å². The molecule has 3 aromatic rings. The predicted octanol–water partition coefficient (Wildman–Crippen LogP) is 3.78. The Hall–Kier alpha value is -2.52. The van der Waals surface area contributed by atoms with Gasteiger partial charge in [-0.25, -0.2) is 13.1 Å².